The van der Waals surface area contributed by atoms with Crippen molar-refractivity contribution in [2.45, 2.75) is 33.3 Å². The first kappa shape index (κ1) is 12.1. The van der Waals surface area contributed by atoms with Crippen molar-refractivity contribution in [3.63, 3.8) is 0 Å². The molecular formula is C13H20O2. The summed E-state index contributed by atoms with van der Waals surface area (Å²) in [7, 11) is 0. The maximum atomic E-state index is 8.98. The van der Waals surface area contributed by atoms with Gasteiger partial charge in [0.1, 0.15) is 5.75 Å². The van der Waals surface area contributed by atoms with E-state index in [-0.39, 0.29) is 6.61 Å². The molecule has 0 fully saturated rings. The van der Waals surface area contributed by atoms with Crippen molar-refractivity contribution in [2.24, 2.45) is 5.92 Å². The van der Waals surface area contributed by atoms with Gasteiger partial charge in [-0.25, -0.2) is 0 Å². The van der Waals surface area contributed by atoms with Crippen LogP contribution < -0.4 is 4.74 Å². The number of rotatable bonds is 6. The standard InChI is InChI=1S/C13H20O2/c1-3-11(4-2)10-15-13-7-5-6-12(8-13)9-14/h5-8,11,14H,3-4,9-10H2,1-2H3. The van der Waals surface area contributed by atoms with Crippen LogP contribution in [-0.4, -0.2) is 11.7 Å². The molecule has 1 aromatic carbocycles. The largest absolute Gasteiger partial charge is 0.493 e. The number of hydrogen-bond donors (Lipinski definition) is 1. The third kappa shape index (κ3) is 3.92. The fourth-order valence-electron chi connectivity index (χ4n) is 1.47. The normalized spacial score (nSPS) is 10.7. The van der Waals surface area contributed by atoms with Crippen LogP contribution in [0.25, 0.3) is 0 Å². The Kier molecular flexibility index (Phi) is 5.19. The molecule has 1 N–H and O–H groups in total. The Bertz CT molecular complexity index is 280. The van der Waals surface area contributed by atoms with Crippen molar-refractivity contribution in [1.82, 2.24) is 0 Å². The van der Waals surface area contributed by atoms with Crippen LogP contribution in [0.4, 0.5) is 0 Å². The molecule has 0 heterocycles. The number of aliphatic hydroxyl groups is 1. The van der Waals surface area contributed by atoms with Gasteiger partial charge < -0.3 is 9.84 Å². The lowest BCUT2D eigenvalue weighted by molar-refractivity contribution is 0.239. The molecular weight excluding hydrogens is 188 g/mol. The summed E-state index contributed by atoms with van der Waals surface area (Å²) in [5.74, 6) is 1.48. The number of aliphatic hydroxyl groups excluding tert-OH is 1. The molecule has 0 aliphatic rings. The average molecular weight is 208 g/mol. The van der Waals surface area contributed by atoms with Crippen LogP contribution in [0.15, 0.2) is 24.3 Å². The number of hydrogen-bond acceptors (Lipinski definition) is 2. The van der Waals surface area contributed by atoms with Gasteiger partial charge >= 0.3 is 0 Å². The van der Waals surface area contributed by atoms with E-state index in [2.05, 4.69) is 13.8 Å². The lowest BCUT2D eigenvalue weighted by Crippen LogP contribution is -2.10. The average Bonchev–Trinajstić information content (AvgIpc) is 2.31. The highest BCUT2D eigenvalue weighted by Gasteiger charge is 2.04. The monoisotopic (exact) mass is 208 g/mol. The minimum atomic E-state index is 0.0716. The highest BCUT2D eigenvalue weighted by atomic mass is 16.5. The van der Waals surface area contributed by atoms with E-state index >= 15 is 0 Å². The Hall–Kier alpha value is -1.02. The molecule has 0 amide bonds. The van der Waals surface area contributed by atoms with Crippen molar-refractivity contribution in [1.29, 1.82) is 0 Å². The molecule has 84 valence electrons. The fourth-order valence-corrected chi connectivity index (χ4v) is 1.47. The molecule has 0 aliphatic heterocycles. The van der Waals surface area contributed by atoms with Gasteiger partial charge in [0, 0.05) is 0 Å². The maximum absolute atomic E-state index is 8.98. The Balaban J connectivity index is 2.49. The SMILES string of the molecule is CCC(CC)COc1cccc(CO)c1. The highest BCUT2D eigenvalue weighted by molar-refractivity contribution is 5.27. The van der Waals surface area contributed by atoms with Crippen molar-refractivity contribution in [3.05, 3.63) is 29.8 Å². The van der Waals surface area contributed by atoms with Gasteiger partial charge in [0.25, 0.3) is 0 Å². The van der Waals surface area contributed by atoms with E-state index in [1.807, 2.05) is 24.3 Å². The Labute approximate surface area is 91.9 Å². The first-order chi connectivity index (χ1) is 7.30. The van der Waals surface area contributed by atoms with Gasteiger partial charge in [-0.3, -0.25) is 0 Å². The zero-order valence-corrected chi connectivity index (χ0v) is 9.57. The van der Waals surface area contributed by atoms with E-state index in [9.17, 15) is 0 Å². The lowest BCUT2D eigenvalue weighted by atomic mass is 10.1. The zero-order valence-electron chi connectivity index (χ0n) is 9.57. The summed E-state index contributed by atoms with van der Waals surface area (Å²) >= 11 is 0. The van der Waals surface area contributed by atoms with Crippen LogP contribution in [0.2, 0.25) is 0 Å². The topological polar surface area (TPSA) is 29.5 Å². The quantitative estimate of drug-likeness (QED) is 0.778. The first-order valence-electron chi connectivity index (χ1n) is 5.62. The van der Waals surface area contributed by atoms with Gasteiger partial charge in [-0.05, 0) is 23.6 Å². The van der Waals surface area contributed by atoms with E-state index in [0.717, 1.165) is 30.8 Å². The van der Waals surface area contributed by atoms with E-state index < -0.39 is 0 Å². The van der Waals surface area contributed by atoms with Crippen LogP contribution >= 0.6 is 0 Å². The van der Waals surface area contributed by atoms with Crippen LogP contribution in [0.3, 0.4) is 0 Å². The summed E-state index contributed by atoms with van der Waals surface area (Å²) in [6.45, 7) is 5.20. The van der Waals surface area contributed by atoms with Crippen molar-refractivity contribution >= 4 is 0 Å². The second kappa shape index (κ2) is 6.46. The van der Waals surface area contributed by atoms with Crippen LogP contribution in [0.5, 0.6) is 5.75 Å². The minimum absolute atomic E-state index is 0.0716. The molecule has 0 bridgehead atoms. The Morgan fingerprint density at radius 3 is 2.60 bits per heavy atom. The van der Waals surface area contributed by atoms with E-state index in [0.29, 0.717) is 5.92 Å². The molecule has 0 aliphatic carbocycles. The second-order valence-corrected chi connectivity index (χ2v) is 3.80. The Morgan fingerprint density at radius 1 is 1.27 bits per heavy atom. The molecule has 0 radical (unpaired) electrons. The predicted molar refractivity (Wildman–Crippen MR) is 61.9 cm³/mol. The van der Waals surface area contributed by atoms with Crippen molar-refractivity contribution < 1.29 is 9.84 Å². The van der Waals surface area contributed by atoms with Crippen LogP contribution in [0.1, 0.15) is 32.3 Å². The first-order valence-corrected chi connectivity index (χ1v) is 5.62. The van der Waals surface area contributed by atoms with E-state index in [1.54, 1.807) is 0 Å². The maximum Gasteiger partial charge on any atom is 0.119 e. The summed E-state index contributed by atoms with van der Waals surface area (Å²) in [5.41, 5.74) is 0.900. The van der Waals surface area contributed by atoms with Gasteiger partial charge in [-0.1, -0.05) is 38.8 Å². The summed E-state index contributed by atoms with van der Waals surface area (Å²) < 4.78 is 5.68. The van der Waals surface area contributed by atoms with Crippen molar-refractivity contribution in [2.75, 3.05) is 6.61 Å². The smallest absolute Gasteiger partial charge is 0.119 e. The number of ether oxygens (including phenoxy) is 1. The van der Waals surface area contributed by atoms with E-state index in [1.165, 1.54) is 0 Å². The van der Waals surface area contributed by atoms with Gasteiger partial charge in [0.2, 0.25) is 0 Å². The van der Waals surface area contributed by atoms with Gasteiger partial charge in [-0.15, -0.1) is 0 Å². The molecule has 0 saturated carbocycles. The lowest BCUT2D eigenvalue weighted by Gasteiger charge is -2.14. The Morgan fingerprint density at radius 2 is 2.00 bits per heavy atom. The fraction of sp³-hybridized carbons (Fsp3) is 0.538. The molecule has 0 unspecified atom stereocenters. The molecule has 0 saturated heterocycles. The van der Waals surface area contributed by atoms with Gasteiger partial charge in [0.05, 0.1) is 13.2 Å². The van der Waals surface area contributed by atoms with Crippen molar-refractivity contribution in [3.8, 4) is 5.75 Å². The third-order valence-electron chi connectivity index (χ3n) is 2.72. The number of benzene rings is 1. The molecule has 1 aromatic rings. The summed E-state index contributed by atoms with van der Waals surface area (Å²) in [6.07, 6.45) is 2.30. The predicted octanol–water partition coefficient (Wildman–Crippen LogP) is 2.99. The molecule has 0 atom stereocenters. The molecule has 2 heteroatoms. The summed E-state index contributed by atoms with van der Waals surface area (Å²) in [6, 6.07) is 7.63. The molecule has 2 nitrogen and oxygen atoms in total. The van der Waals surface area contributed by atoms with Crippen LogP contribution in [0, 0.1) is 5.92 Å². The van der Waals surface area contributed by atoms with E-state index in [4.69, 9.17) is 9.84 Å². The highest BCUT2D eigenvalue weighted by Crippen LogP contribution is 2.16. The minimum Gasteiger partial charge on any atom is -0.493 e. The molecule has 15 heavy (non-hydrogen) atoms. The zero-order chi connectivity index (χ0) is 11.1. The van der Waals surface area contributed by atoms with Gasteiger partial charge in [0.15, 0.2) is 0 Å². The van der Waals surface area contributed by atoms with Crippen LogP contribution in [-0.2, 0) is 6.61 Å². The third-order valence-corrected chi connectivity index (χ3v) is 2.72. The summed E-state index contributed by atoms with van der Waals surface area (Å²) in [5, 5.41) is 8.98. The van der Waals surface area contributed by atoms with Gasteiger partial charge in [-0.2, -0.15) is 0 Å². The molecule has 0 aromatic heterocycles. The molecule has 1 rings (SSSR count). The summed E-state index contributed by atoms with van der Waals surface area (Å²) in [4.78, 5) is 0. The second-order valence-electron chi connectivity index (χ2n) is 3.80. The molecule has 0 spiro atoms.